The molecule has 1 heterocycles. The molecule has 3 aromatic rings. The van der Waals surface area contributed by atoms with Crippen molar-refractivity contribution in [2.75, 3.05) is 10.6 Å². The van der Waals surface area contributed by atoms with E-state index in [2.05, 4.69) is 15.7 Å². The van der Waals surface area contributed by atoms with Gasteiger partial charge in [-0.05, 0) is 42.5 Å². The maximum absolute atomic E-state index is 12.0. The number of carbonyl (C=O) groups excluding carboxylic acids is 2. The lowest BCUT2D eigenvalue weighted by molar-refractivity contribution is -0.111. The topological polar surface area (TPSA) is 102 Å². The third-order valence-corrected chi connectivity index (χ3v) is 3.47. The van der Waals surface area contributed by atoms with Crippen molar-refractivity contribution in [2.24, 2.45) is 5.73 Å². The predicted molar refractivity (Wildman–Crippen MR) is 101 cm³/mol. The van der Waals surface area contributed by atoms with E-state index in [1.54, 1.807) is 41.2 Å². The summed E-state index contributed by atoms with van der Waals surface area (Å²) in [6, 6.07) is 15.7. The Labute approximate surface area is 150 Å². The maximum atomic E-state index is 12.0. The second-order valence-corrected chi connectivity index (χ2v) is 5.44. The molecule has 0 aliphatic heterocycles. The minimum Gasteiger partial charge on any atom is -0.351 e. The molecule has 1 aromatic heterocycles. The summed E-state index contributed by atoms with van der Waals surface area (Å²) >= 11 is 0. The zero-order chi connectivity index (χ0) is 18.4. The lowest BCUT2D eigenvalue weighted by Gasteiger charge is -2.04. The van der Waals surface area contributed by atoms with Crippen molar-refractivity contribution in [1.29, 1.82) is 0 Å². The van der Waals surface area contributed by atoms with E-state index in [0.29, 0.717) is 11.4 Å². The number of rotatable bonds is 5. The molecule has 0 unspecified atom stereocenters. The van der Waals surface area contributed by atoms with Gasteiger partial charge >= 0.3 is 6.03 Å². The van der Waals surface area contributed by atoms with Gasteiger partial charge < -0.3 is 16.4 Å². The molecular formula is C19H17N5O2. The highest BCUT2D eigenvalue weighted by molar-refractivity contribution is 6.02. The Balaban J connectivity index is 1.59. The van der Waals surface area contributed by atoms with Crippen LogP contribution in [0.3, 0.4) is 0 Å². The van der Waals surface area contributed by atoms with Gasteiger partial charge in [0.1, 0.15) is 0 Å². The van der Waals surface area contributed by atoms with Crippen LogP contribution in [0.2, 0.25) is 0 Å². The van der Waals surface area contributed by atoms with E-state index in [4.69, 9.17) is 5.73 Å². The number of carbonyl (C=O) groups is 2. The third kappa shape index (κ3) is 4.57. The average Bonchev–Trinajstić information content (AvgIpc) is 3.11. The van der Waals surface area contributed by atoms with Crippen LogP contribution in [0, 0.1) is 0 Å². The lowest BCUT2D eigenvalue weighted by atomic mass is 10.2. The molecule has 0 aliphatic rings. The Morgan fingerprint density at radius 1 is 0.962 bits per heavy atom. The molecule has 0 fully saturated rings. The van der Waals surface area contributed by atoms with Crippen molar-refractivity contribution in [1.82, 2.24) is 9.78 Å². The van der Waals surface area contributed by atoms with Crippen molar-refractivity contribution in [2.45, 2.75) is 0 Å². The number of urea groups is 1. The molecule has 0 spiro atoms. The van der Waals surface area contributed by atoms with E-state index in [1.807, 2.05) is 36.5 Å². The van der Waals surface area contributed by atoms with Crippen LogP contribution in [0.15, 0.2) is 73.1 Å². The number of para-hydroxylation sites is 1. The van der Waals surface area contributed by atoms with Gasteiger partial charge in [-0.2, -0.15) is 5.10 Å². The van der Waals surface area contributed by atoms with Gasteiger partial charge in [-0.1, -0.05) is 18.2 Å². The number of benzene rings is 2. The van der Waals surface area contributed by atoms with E-state index in [9.17, 15) is 9.59 Å². The molecule has 7 nitrogen and oxygen atoms in total. The zero-order valence-corrected chi connectivity index (χ0v) is 13.8. The summed E-state index contributed by atoms with van der Waals surface area (Å²) in [5, 5.41) is 9.46. The molecule has 4 N–H and O–H groups in total. The molecule has 0 radical (unpaired) electrons. The quantitative estimate of drug-likeness (QED) is 0.618. The fourth-order valence-corrected chi connectivity index (χ4v) is 2.28. The van der Waals surface area contributed by atoms with Gasteiger partial charge in [0.15, 0.2) is 0 Å². The predicted octanol–water partition coefficient (Wildman–Crippen LogP) is 3.01. The van der Waals surface area contributed by atoms with Crippen molar-refractivity contribution in [3.05, 3.63) is 78.6 Å². The highest BCUT2D eigenvalue weighted by atomic mass is 16.2. The molecular weight excluding hydrogens is 330 g/mol. The number of nitrogens with one attached hydrogen (secondary N) is 2. The van der Waals surface area contributed by atoms with Crippen molar-refractivity contribution in [3.8, 4) is 5.69 Å². The van der Waals surface area contributed by atoms with E-state index < -0.39 is 6.03 Å². The second kappa shape index (κ2) is 7.80. The third-order valence-electron chi connectivity index (χ3n) is 3.47. The SMILES string of the molecule is NC(=O)Nc1ccc(NC(=O)/C=C/c2cnn(-c3ccccc3)c2)cc1. The molecule has 0 saturated carbocycles. The summed E-state index contributed by atoms with van der Waals surface area (Å²) in [4.78, 5) is 22.8. The van der Waals surface area contributed by atoms with Crippen LogP contribution in [0.25, 0.3) is 11.8 Å². The molecule has 0 saturated heterocycles. The highest BCUT2D eigenvalue weighted by Gasteiger charge is 2.01. The Morgan fingerprint density at radius 3 is 2.27 bits per heavy atom. The number of anilines is 2. The lowest BCUT2D eigenvalue weighted by Crippen LogP contribution is -2.19. The first-order valence-corrected chi connectivity index (χ1v) is 7.86. The highest BCUT2D eigenvalue weighted by Crippen LogP contribution is 2.14. The number of hydrogen-bond acceptors (Lipinski definition) is 3. The number of nitrogens with two attached hydrogens (primary N) is 1. The summed E-state index contributed by atoms with van der Waals surface area (Å²) in [7, 11) is 0. The molecule has 0 atom stereocenters. The minimum atomic E-state index is -0.638. The number of aromatic nitrogens is 2. The number of amides is 3. The summed E-state index contributed by atoms with van der Waals surface area (Å²) in [5.74, 6) is -0.270. The molecule has 7 heteroatoms. The number of nitrogens with zero attached hydrogens (tertiary/aromatic N) is 2. The van der Waals surface area contributed by atoms with Crippen LogP contribution >= 0.6 is 0 Å². The normalized spacial score (nSPS) is 10.6. The zero-order valence-electron chi connectivity index (χ0n) is 13.8. The minimum absolute atomic E-state index is 0.270. The molecule has 0 aliphatic carbocycles. The van der Waals surface area contributed by atoms with Gasteiger partial charge in [0.05, 0.1) is 11.9 Å². The monoisotopic (exact) mass is 347 g/mol. The van der Waals surface area contributed by atoms with Crippen LogP contribution in [-0.4, -0.2) is 21.7 Å². The van der Waals surface area contributed by atoms with E-state index in [0.717, 1.165) is 11.3 Å². The maximum Gasteiger partial charge on any atom is 0.316 e. The summed E-state index contributed by atoms with van der Waals surface area (Å²) in [6.45, 7) is 0. The van der Waals surface area contributed by atoms with E-state index in [-0.39, 0.29) is 5.91 Å². The first kappa shape index (κ1) is 17.0. The van der Waals surface area contributed by atoms with E-state index in [1.165, 1.54) is 6.08 Å². The molecule has 3 amide bonds. The number of hydrogen-bond donors (Lipinski definition) is 3. The Bertz CT molecular complexity index is 930. The van der Waals surface area contributed by atoms with Crippen LogP contribution in [0.5, 0.6) is 0 Å². The summed E-state index contributed by atoms with van der Waals surface area (Å²) in [6.07, 6.45) is 6.64. The standard InChI is InChI=1S/C19H17N5O2/c20-19(26)23-16-9-7-15(8-10-16)22-18(25)11-6-14-12-21-24(13-14)17-4-2-1-3-5-17/h1-13H,(H,22,25)(H3,20,23,26)/b11-6+. The van der Waals surface area contributed by atoms with Crippen LogP contribution < -0.4 is 16.4 Å². The van der Waals surface area contributed by atoms with Gasteiger partial charge in [0.2, 0.25) is 5.91 Å². The van der Waals surface area contributed by atoms with Crippen LogP contribution in [0.1, 0.15) is 5.56 Å². The molecule has 130 valence electrons. The molecule has 0 bridgehead atoms. The van der Waals surface area contributed by atoms with Gasteiger partial charge in [0.25, 0.3) is 0 Å². The van der Waals surface area contributed by atoms with E-state index >= 15 is 0 Å². The van der Waals surface area contributed by atoms with Crippen LogP contribution in [0.4, 0.5) is 16.2 Å². The first-order chi connectivity index (χ1) is 12.6. The Hall–Kier alpha value is -3.87. The van der Waals surface area contributed by atoms with Gasteiger partial charge in [0, 0.05) is 29.2 Å². The van der Waals surface area contributed by atoms with Crippen molar-refractivity contribution < 1.29 is 9.59 Å². The fraction of sp³-hybridized carbons (Fsp3) is 0. The van der Waals surface area contributed by atoms with Crippen LogP contribution in [-0.2, 0) is 4.79 Å². The largest absolute Gasteiger partial charge is 0.351 e. The van der Waals surface area contributed by atoms with Crippen molar-refractivity contribution >= 4 is 29.4 Å². The molecule has 26 heavy (non-hydrogen) atoms. The number of primary amides is 1. The summed E-state index contributed by atoms with van der Waals surface area (Å²) < 4.78 is 1.74. The molecule has 3 rings (SSSR count). The van der Waals surface area contributed by atoms with Gasteiger partial charge in [-0.25, -0.2) is 9.48 Å². The molecule has 2 aromatic carbocycles. The van der Waals surface area contributed by atoms with Gasteiger partial charge in [-0.15, -0.1) is 0 Å². The average molecular weight is 347 g/mol. The Morgan fingerprint density at radius 2 is 1.62 bits per heavy atom. The first-order valence-electron chi connectivity index (χ1n) is 7.86. The smallest absolute Gasteiger partial charge is 0.316 e. The Kier molecular flexibility index (Phi) is 5.09. The summed E-state index contributed by atoms with van der Waals surface area (Å²) in [5.41, 5.74) is 7.96. The second-order valence-electron chi connectivity index (χ2n) is 5.44. The van der Waals surface area contributed by atoms with Gasteiger partial charge in [-0.3, -0.25) is 4.79 Å². The fourth-order valence-electron chi connectivity index (χ4n) is 2.28. The van der Waals surface area contributed by atoms with Crippen molar-refractivity contribution in [3.63, 3.8) is 0 Å².